The number of alkyl carbamates (subject to hydrolysis) is 1. The molecule has 0 spiro atoms. The van der Waals surface area contributed by atoms with E-state index in [1.54, 1.807) is 30.3 Å². The molecular formula is C20H25NO10. The predicted octanol–water partition coefficient (Wildman–Crippen LogP) is -1.41. The van der Waals surface area contributed by atoms with Crippen LogP contribution in [0, 0.1) is 0 Å². The van der Waals surface area contributed by atoms with Crippen LogP contribution in [0.4, 0.5) is 4.79 Å². The highest BCUT2D eigenvalue weighted by Gasteiger charge is 2.71. The maximum absolute atomic E-state index is 12.4. The maximum Gasteiger partial charge on any atom is 0.407 e. The molecule has 170 valence electrons. The van der Waals surface area contributed by atoms with Gasteiger partial charge in [0.05, 0.1) is 0 Å². The van der Waals surface area contributed by atoms with Crippen LogP contribution < -0.4 is 5.32 Å². The van der Waals surface area contributed by atoms with E-state index in [0.717, 1.165) is 20.8 Å². The molecule has 0 saturated carbocycles. The van der Waals surface area contributed by atoms with Gasteiger partial charge in [0, 0.05) is 0 Å². The second-order valence-corrected chi connectivity index (χ2v) is 7.33. The lowest BCUT2D eigenvalue weighted by Crippen LogP contribution is -2.83. The number of nitrogens with one attached hydrogen (secondary N) is 1. The van der Waals surface area contributed by atoms with Crippen molar-refractivity contribution >= 4 is 23.4 Å². The lowest BCUT2D eigenvalue weighted by molar-refractivity contribution is -0.313. The van der Waals surface area contributed by atoms with E-state index in [9.17, 15) is 39.6 Å². The van der Waals surface area contributed by atoms with E-state index in [2.05, 4.69) is 0 Å². The van der Waals surface area contributed by atoms with E-state index in [0.29, 0.717) is 5.56 Å². The number of Topliss-reactive ketones (excluding diaryl/α,β-unsaturated/α-hetero) is 3. The number of ether oxygens (including phenoxy) is 2. The predicted molar refractivity (Wildman–Crippen MR) is 102 cm³/mol. The molecule has 6 atom stereocenters. The minimum atomic E-state index is -3.18. The van der Waals surface area contributed by atoms with Crippen LogP contribution in [0.3, 0.4) is 0 Å². The van der Waals surface area contributed by atoms with Gasteiger partial charge in [0.2, 0.25) is 0 Å². The second-order valence-electron chi connectivity index (χ2n) is 7.33. The summed E-state index contributed by atoms with van der Waals surface area (Å²) < 4.78 is 10.0. The average molecular weight is 439 g/mol. The molecule has 1 aromatic carbocycles. The summed E-state index contributed by atoms with van der Waals surface area (Å²) >= 11 is 0. The topological polar surface area (TPSA) is 180 Å². The first-order valence-electron chi connectivity index (χ1n) is 9.33. The lowest BCUT2D eigenvalue weighted by Gasteiger charge is -2.54. The Kier molecular flexibility index (Phi) is 7.29. The van der Waals surface area contributed by atoms with Crippen molar-refractivity contribution in [3.63, 3.8) is 0 Å². The molecule has 0 radical (unpaired) electrons. The Balaban J connectivity index is 2.38. The molecular weight excluding hydrogens is 414 g/mol. The zero-order chi connectivity index (χ0) is 23.6. The number of carbonyl (C=O) groups is 4. The highest BCUT2D eigenvalue weighted by molar-refractivity contribution is 6.00. The minimum Gasteiger partial charge on any atom is -0.445 e. The summed E-state index contributed by atoms with van der Waals surface area (Å²) in [6.07, 6.45) is -7.75. The van der Waals surface area contributed by atoms with Gasteiger partial charge in [0.25, 0.3) is 0 Å². The smallest absolute Gasteiger partial charge is 0.407 e. The van der Waals surface area contributed by atoms with Gasteiger partial charge in [0.15, 0.2) is 34.8 Å². The van der Waals surface area contributed by atoms with Crippen LogP contribution in [0.15, 0.2) is 30.3 Å². The molecule has 2 rings (SSSR count). The van der Waals surface area contributed by atoms with Gasteiger partial charge in [-0.3, -0.25) is 14.4 Å². The Bertz CT molecular complexity index is 859. The summed E-state index contributed by atoms with van der Waals surface area (Å²) in [5.74, 6) is -3.44. The quantitative estimate of drug-likeness (QED) is 0.339. The van der Waals surface area contributed by atoms with Crippen molar-refractivity contribution in [3.8, 4) is 0 Å². The van der Waals surface area contributed by atoms with Gasteiger partial charge in [0.1, 0.15) is 24.9 Å². The Morgan fingerprint density at radius 2 is 1.61 bits per heavy atom. The molecule has 5 N–H and O–H groups in total. The molecule has 1 aliphatic heterocycles. The Morgan fingerprint density at radius 3 is 2.10 bits per heavy atom. The van der Waals surface area contributed by atoms with Gasteiger partial charge in [-0.2, -0.15) is 0 Å². The minimum absolute atomic E-state index is 0.197. The summed E-state index contributed by atoms with van der Waals surface area (Å²) in [5, 5.41) is 44.7. The van der Waals surface area contributed by atoms with Gasteiger partial charge >= 0.3 is 6.09 Å². The Morgan fingerprint density at radius 1 is 1.06 bits per heavy atom. The fraction of sp³-hybridized carbons (Fsp3) is 0.500. The molecule has 1 saturated heterocycles. The van der Waals surface area contributed by atoms with Crippen molar-refractivity contribution in [1.82, 2.24) is 5.32 Å². The molecule has 0 aliphatic carbocycles. The van der Waals surface area contributed by atoms with E-state index in [1.165, 1.54) is 0 Å². The number of benzene rings is 1. The fourth-order valence-corrected chi connectivity index (χ4v) is 3.53. The van der Waals surface area contributed by atoms with E-state index in [-0.39, 0.29) is 6.61 Å². The Hall–Kier alpha value is -2.70. The van der Waals surface area contributed by atoms with Crippen molar-refractivity contribution in [2.75, 3.05) is 0 Å². The maximum atomic E-state index is 12.4. The number of carbonyl (C=O) groups excluding carboxylic acids is 4. The van der Waals surface area contributed by atoms with Gasteiger partial charge < -0.3 is 35.2 Å². The molecule has 0 bridgehead atoms. The van der Waals surface area contributed by atoms with Gasteiger partial charge in [-0.15, -0.1) is 0 Å². The van der Waals surface area contributed by atoms with Crippen LogP contribution in [0.2, 0.25) is 0 Å². The largest absolute Gasteiger partial charge is 0.445 e. The first-order chi connectivity index (χ1) is 14.4. The van der Waals surface area contributed by atoms with Crippen molar-refractivity contribution in [3.05, 3.63) is 35.9 Å². The number of hydrogen-bond donors (Lipinski definition) is 5. The van der Waals surface area contributed by atoms with Crippen molar-refractivity contribution in [2.45, 2.75) is 63.1 Å². The molecule has 1 aromatic rings. The highest BCUT2D eigenvalue weighted by Crippen LogP contribution is 2.41. The van der Waals surface area contributed by atoms with E-state index in [4.69, 9.17) is 9.47 Å². The van der Waals surface area contributed by atoms with E-state index < -0.39 is 59.2 Å². The summed E-state index contributed by atoms with van der Waals surface area (Å²) in [6.45, 7) is 2.31. The SMILES string of the molecule is CC(=O)C(O)[C@H]1O[C@H](O)[C@@H](NC(=O)OCc2ccccc2)[C@](O)(C(C)=O)[C@@]1(O)C(C)=O. The average Bonchev–Trinajstić information content (AvgIpc) is 2.72. The molecule has 1 heterocycles. The molecule has 1 unspecified atom stereocenters. The first-order valence-corrected chi connectivity index (χ1v) is 9.33. The van der Waals surface area contributed by atoms with Gasteiger partial charge in [-0.1, -0.05) is 30.3 Å². The van der Waals surface area contributed by atoms with Gasteiger partial charge in [-0.05, 0) is 26.3 Å². The summed E-state index contributed by atoms with van der Waals surface area (Å²) in [6, 6.07) is 6.42. The molecule has 11 heteroatoms. The second kappa shape index (κ2) is 9.20. The van der Waals surface area contributed by atoms with Crippen molar-refractivity contribution in [1.29, 1.82) is 0 Å². The third-order valence-electron chi connectivity index (χ3n) is 5.28. The van der Waals surface area contributed by atoms with Crippen LogP contribution in [0.5, 0.6) is 0 Å². The summed E-state index contributed by atoms with van der Waals surface area (Å²) in [4.78, 5) is 48.6. The molecule has 31 heavy (non-hydrogen) atoms. The number of ketones is 3. The number of rotatable bonds is 7. The van der Waals surface area contributed by atoms with Crippen LogP contribution in [0.25, 0.3) is 0 Å². The third-order valence-corrected chi connectivity index (χ3v) is 5.28. The number of aliphatic hydroxyl groups is 4. The molecule has 1 aliphatic rings. The lowest BCUT2D eigenvalue weighted by atomic mass is 9.66. The Labute approximate surface area is 177 Å². The van der Waals surface area contributed by atoms with Crippen LogP contribution in [-0.2, 0) is 30.5 Å². The zero-order valence-corrected chi connectivity index (χ0v) is 17.1. The monoisotopic (exact) mass is 439 g/mol. The number of aliphatic hydroxyl groups excluding tert-OH is 2. The van der Waals surface area contributed by atoms with E-state index in [1.807, 2.05) is 5.32 Å². The third kappa shape index (κ3) is 4.36. The summed E-state index contributed by atoms with van der Waals surface area (Å²) in [7, 11) is 0. The van der Waals surface area contributed by atoms with Crippen LogP contribution in [0.1, 0.15) is 26.3 Å². The summed E-state index contributed by atoms with van der Waals surface area (Å²) in [5.41, 5.74) is -5.73. The molecule has 0 aromatic heterocycles. The zero-order valence-electron chi connectivity index (χ0n) is 17.1. The van der Waals surface area contributed by atoms with Crippen LogP contribution in [-0.4, -0.2) is 79.6 Å². The number of hydrogen-bond acceptors (Lipinski definition) is 10. The van der Waals surface area contributed by atoms with Crippen molar-refractivity contribution < 1.29 is 49.1 Å². The van der Waals surface area contributed by atoms with Gasteiger partial charge in [-0.25, -0.2) is 4.79 Å². The standard InChI is InChI=1S/C20H25NO10/c1-10(22)14(25)16-20(29,12(3)24)19(28,11(2)23)15(17(26)31-16)21-18(27)30-9-13-7-5-4-6-8-13/h4-8,14-17,25-26,28-29H,9H2,1-3H3,(H,21,27)/t14?,15-,16-,17+,19-,20-/m1/s1. The van der Waals surface area contributed by atoms with Crippen LogP contribution >= 0.6 is 0 Å². The fourth-order valence-electron chi connectivity index (χ4n) is 3.53. The van der Waals surface area contributed by atoms with E-state index >= 15 is 0 Å². The van der Waals surface area contributed by atoms with Crippen molar-refractivity contribution in [2.24, 2.45) is 0 Å². The first kappa shape index (κ1) is 24.6. The molecule has 1 fully saturated rings. The molecule has 11 nitrogen and oxygen atoms in total. The molecule has 1 amide bonds. The highest BCUT2D eigenvalue weighted by atomic mass is 16.6. The number of amides is 1. The normalized spacial score (nSPS) is 31.4.